The molecule has 1 N–H and O–H groups in total. The molecule has 3 aliphatic carbocycles. The summed E-state index contributed by atoms with van der Waals surface area (Å²) in [6.45, 7) is 19.9. The van der Waals surface area contributed by atoms with Gasteiger partial charge in [0.25, 0.3) is 5.88 Å². The summed E-state index contributed by atoms with van der Waals surface area (Å²) in [5.41, 5.74) is -0.122. The predicted octanol–water partition coefficient (Wildman–Crippen LogP) is 8.09. The number of ketones is 2. The van der Waals surface area contributed by atoms with Gasteiger partial charge >= 0.3 is 6.16 Å². The van der Waals surface area contributed by atoms with E-state index in [-0.39, 0.29) is 47.1 Å². The number of Topliss-reactive ketones (excluding diaryl/α,β-unsaturated/α-hetero) is 2. The fourth-order valence-electron chi connectivity index (χ4n) is 7.73. The van der Waals surface area contributed by atoms with Gasteiger partial charge in [0.05, 0.1) is 11.6 Å². The number of carbonyl (C=O) groups is 3. The molecule has 6 rings (SSSR count). The lowest BCUT2D eigenvalue weighted by atomic mass is 9.55. The molecule has 2 aromatic carbocycles. The Balaban J connectivity index is 1.60. The van der Waals surface area contributed by atoms with Gasteiger partial charge in [0, 0.05) is 37.2 Å². The van der Waals surface area contributed by atoms with E-state index in [2.05, 4.69) is 11.7 Å². The summed E-state index contributed by atoms with van der Waals surface area (Å²) in [5, 5.41) is 16.3. The zero-order valence-electron chi connectivity index (χ0n) is 33.9. The molecule has 1 aromatic heterocycles. The molecular formula is C42H53N3O9Si. The molecule has 4 atom stereocenters. The molecule has 0 saturated heterocycles. The Bertz CT molecular complexity index is 2090. The third kappa shape index (κ3) is 6.69. The van der Waals surface area contributed by atoms with Crippen molar-refractivity contribution in [2.45, 2.75) is 89.9 Å². The van der Waals surface area contributed by atoms with Crippen molar-refractivity contribution in [2.24, 2.45) is 11.8 Å². The molecule has 3 aromatic rings. The molecule has 0 amide bonds. The molecule has 294 valence electrons. The fraction of sp³-hybridized carbons (Fsp3) is 0.476. The van der Waals surface area contributed by atoms with Gasteiger partial charge in [0.15, 0.2) is 19.7 Å². The first-order valence-electron chi connectivity index (χ1n) is 18.5. The Hall–Kier alpha value is -4.72. The van der Waals surface area contributed by atoms with Crippen molar-refractivity contribution in [1.29, 1.82) is 0 Å². The van der Waals surface area contributed by atoms with Gasteiger partial charge < -0.3 is 33.2 Å². The Kier molecular flexibility index (Phi) is 10.0. The van der Waals surface area contributed by atoms with Crippen molar-refractivity contribution >= 4 is 37.5 Å². The van der Waals surface area contributed by atoms with E-state index in [1.165, 1.54) is 0 Å². The SMILES string of the molecule is C=C1[C@@H]2Cc3c(N(C)C)ccc(OC(=O)OC(C)(C)C)c3C(O)=C2C(=O)[C@]2(O[Si](C)(C)C(C)(C)C)C(=O)c3c(OCc4ccccc4)noc3[C@@H](N(C)C)[C@H]12. The predicted molar refractivity (Wildman–Crippen MR) is 211 cm³/mol. The van der Waals surface area contributed by atoms with Crippen LogP contribution < -0.4 is 14.4 Å². The van der Waals surface area contributed by atoms with Gasteiger partial charge in [-0.1, -0.05) is 63.3 Å². The molecule has 0 bridgehead atoms. The van der Waals surface area contributed by atoms with Gasteiger partial charge in [-0.15, -0.1) is 0 Å². The number of aromatic nitrogens is 1. The van der Waals surface area contributed by atoms with E-state index in [4.69, 9.17) is 23.2 Å². The van der Waals surface area contributed by atoms with Crippen LogP contribution in [-0.2, 0) is 27.0 Å². The molecule has 13 heteroatoms. The summed E-state index contributed by atoms with van der Waals surface area (Å²) in [7, 11) is 4.42. The molecule has 0 spiro atoms. The largest absolute Gasteiger partial charge is 0.514 e. The van der Waals surface area contributed by atoms with E-state index >= 15 is 9.59 Å². The van der Waals surface area contributed by atoms with Gasteiger partial charge in [-0.25, -0.2) is 4.79 Å². The Morgan fingerprint density at radius 1 is 1.00 bits per heavy atom. The number of ether oxygens (including phenoxy) is 3. The lowest BCUT2D eigenvalue weighted by molar-refractivity contribution is -0.136. The minimum Gasteiger partial charge on any atom is -0.507 e. The van der Waals surface area contributed by atoms with E-state index < -0.39 is 65.9 Å². The first-order valence-corrected chi connectivity index (χ1v) is 21.4. The van der Waals surface area contributed by atoms with Crippen molar-refractivity contribution in [2.75, 3.05) is 33.1 Å². The molecule has 3 aliphatic rings. The topological polar surface area (TPSA) is 141 Å². The standard InChI is InChI=1S/C42H53N3O9Si/c1-23-25-21-26-27(44(8)9)19-20-28(51-39(49)52-40(2,3)4)29(26)34(46)30(25)36(47)42(54-55(12,13)41(5,6)7)32(23)33(45(10)11)35-31(37(42)48)38(43-53-35)50-22-24-17-15-14-16-18-24/h14-20,25,32-33,46H,1,21-22H2,2-13H3/t25-,32-,33-,42-/m0/s1. The molecule has 0 aliphatic heterocycles. The Morgan fingerprint density at radius 2 is 1.65 bits per heavy atom. The molecule has 55 heavy (non-hydrogen) atoms. The highest BCUT2D eigenvalue weighted by atomic mass is 28.4. The van der Waals surface area contributed by atoms with Crippen LogP contribution in [0.1, 0.15) is 80.4 Å². The van der Waals surface area contributed by atoms with Crippen molar-refractivity contribution in [1.82, 2.24) is 10.1 Å². The highest BCUT2D eigenvalue weighted by Crippen LogP contribution is 2.61. The van der Waals surface area contributed by atoms with Crippen LogP contribution in [0, 0.1) is 11.8 Å². The van der Waals surface area contributed by atoms with Gasteiger partial charge in [-0.05, 0) is 87.8 Å². The Labute approximate surface area is 324 Å². The maximum atomic E-state index is 15.8. The van der Waals surface area contributed by atoms with Crippen LogP contribution in [0.2, 0.25) is 18.1 Å². The minimum absolute atomic E-state index is 0.0114. The van der Waals surface area contributed by atoms with Crippen molar-refractivity contribution in [3.63, 3.8) is 0 Å². The second-order valence-electron chi connectivity index (χ2n) is 17.6. The third-order valence-corrected chi connectivity index (χ3v) is 15.7. The third-order valence-electron chi connectivity index (χ3n) is 11.3. The quantitative estimate of drug-likeness (QED) is 0.0778. The lowest BCUT2D eigenvalue weighted by Gasteiger charge is -2.56. The van der Waals surface area contributed by atoms with Crippen molar-refractivity contribution < 1.29 is 42.6 Å². The minimum atomic E-state index is -3.00. The number of nitrogens with zero attached hydrogens (tertiary/aromatic N) is 3. The summed E-state index contributed by atoms with van der Waals surface area (Å²) in [6.07, 6.45) is -0.752. The molecule has 12 nitrogen and oxygen atoms in total. The summed E-state index contributed by atoms with van der Waals surface area (Å²) < 4.78 is 30.6. The van der Waals surface area contributed by atoms with Crippen molar-refractivity contribution in [3.05, 3.63) is 88.2 Å². The first-order chi connectivity index (χ1) is 25.5. The van der Waals surface area contributed by atoms with Crippen LogP contribution in [0.5, 0.6) is 11.6 Å². The molecule has 1 heterocycles. The van der Waals surface area contributed by atoms with E-state index in [0.29, 0.717) is 11.1 Å². The summed E-state index contributed by atoms with van der Waals surface area (Å²) in [4.78, 5) is 48.1. The number of carbonyl (C=O) groups excluding carboxylic acids is 3. The van der Waals surface area contributed by atoms with Crippen LogP contribution in [0.3, 0.4) is 0 Å². The van der Waals surface area contributed by atoms with E-state index in [1.807, 2.05) is 102 Å². The Morgan fingerprint density at radius 3 is 2.24 bits per heavy atom. The summed E-state index contributed by atoms with van der Waals surface area (Å²) in [6, 6.07) is 12.1. The zero-order valence-corrected chi connectivity index (χ0v) is 34.9. The second-order valence-corrected chi connectivity index (χ2v) is 22.4. The van der Waals surface area contributed by atoms with Crippen molar-refractivity contribution in [3.8, 4) is 11.6 Å². The number of benzene rings is 2. The summed E-state index contributed by atoms with van der Waals surface area (Å²) >= 11 is 0. The zero-order chi connectivity index (χ0) is 40.6. The second kappa shape index (κ2) is 13.8. The maximum Gasteiger partial charge on any atom is 0.514 e. The van der Waals surface area contributed by atoms with Crippen LogP contribution in [0.25, 0.3) is 5.76 Å². The number of aliphatic hydroxyl groups is 1. The number of hydrogen-bond acceptors (Lipinski definition) is 12. The van der Waals surface area contributed by atoms with E-state index in [1.54, 1.807) is 32.9 Å². The highest BCUT2D eigenvalue weighted by molar-refractivity contribution is 6.74. The van der Waals surface area contributed by atoms with Crippen LogP contribution in [-0.4, -0.2) is 80.6 Å². The first kappa shape index (κ1) is 40.0. The molecule has 1 fully saturated rings. The average Bonchev–Trinajstić information content (AvgIpc) is 3.49. The van der Waals surface area contributed by atoms with Crippen LogP contribution in [0.4, 0.5) is 10.5 Å². The van der Waals surface area contributed by atoms with E-state index in [9.17, 15) is 9.90 Å². The number of aliphatic hydroxyl groups excluding tert-OH is 1. The van der Waals surface area contributed by atoms with Gasteiger partial charge in [0.1, 0.15) is 29.3 Å². The maximum absolute atomic E-state index is 15.8. The fourth-order valence-corrected chi connectivity index (χ4v) is 9.15. The smallest absolute Gasteiger partial charge is 0.507 e. The van der Waals surface area contributed by atoms with E-state index in [0.717, 1.165) is 11.3 Å². The monoisotopic (exact) mass is 771 g/mol. The van der Waals surface area contributed by atoms with Crippen LogP contribution in [0.15, 0.2) is 64.7 Å². The molecule has 1 saturated carbocycles. The normalized spacial score (nSPS) is 22.5. The van der Waals surface area contributed by atoms with Gasteiger partial charge in [-0.3, -0.25) is 14.5 Å². The molecular weight excluding hydrogens is 719 g/mol. The number of rotatable bonds is 8. The summed E-state index contributed by atoms with van der Waals surface area (Å²) in [5.74, 6) is -3.22. The molecule has 0 radical (unpaired) electrons. The molecule has 0 unspecified atom stereocenters. The average molecular weight is 772 g/mol. The van der Waals surface area contributed by atoms with Crippen LogP contribution >= 0.6 is 0 Å². The number of fused-ring (bicyclic) bond motifs is 4. The lowest BCUT2D eigenvalue weighted by Crippen LogP contribution is -2.68. The number of hydrogen-bond donors (Lipinski definition) is 1. The number of anilines is 1. The van der Waals surface area contributed by atoms with Gasteiger partial charge in [0.2, 0.25) is 11.6 Å². The van der Waals surface area contributed by atoms with Gasteiger partial charge in [-0.2, -0.15) is 0 Å². The highest BCUT2D eigenvalue weighted by Gasteiger charge is 2.70.